The number of alkyl carbamates (subject to hydrolysis) is 1. The third-order valence-electron chi connectivity index (χ3n) is 6.33. The van der Waals surface area contributed by atoms with E-state index < -0.39 is 39.7 Å². The predicted molar refractivity (Wildman–Crippen MR) is 145 cm³/mol. The molecule has 1 heterocycles. The molecule has 2 aromatic carbocycles. The van der Waals surface area contributed by atoms with E-state index in [9.17, 15) is 23.1 Å². The lowest BCUT2D eigenvalue weighted by Crippen LogP contribution is -2.55. The van der Waals surface area contributed by atoms with Crippen LogP contribution in [0.3, 0.4) is 0 Å². The smallest absolute Gasteiger partial charge is 0.407 e. The number of amides is 2. The number of aliphatic hydroxyl groups is 1. The molecule has 2 aromatic rings. The zero-order valence-electron chi connectivity index (χ0n) is 22.8. The minimum Gasteiger partial charge on any atom is -0.444 e. The van der Waals surface area contributed by atoms with Crippen molar-refractivity contribution in [2.24, 2.45) is 5.92 Å². The van der Waals surface area contributed by atoms with Gasteiger partial charge in [-0.3, -0.25) is 10.1 Å². The minimum absolute atomic E-state index is 0.0258. The van der Waals surface area contributed by atoms with E-state index in [2.05, 4.69) is 10.6 Å². The molecule has 4 atom stereocenters. The van der Waals surface area contributed by atoms with E-state index in [4.69, 9.17) is 4.74 Å². The van der Waals surface area contributed by atoms with Crippen LogP contribution < -0.4 is 10.6 Å². The molecule has 1 fully saturated rings. The van der Waals surface area contributed by atoms with Crippen molar-refractivity contribution in [1.29, 1.82) is 0 Å². The predicted octanol–water partition coefficient (Wildman–Crippen LogP) is 2.87. The summed E-state index contributed by atoms with van der Waals surface area (Å²) in [5, 5.41) is 17.5. The highest BCUT2D eigenvalue weighted by atomic mass is 32.2. The second-order valence-corrected chi connectivity index (χ2v) is 13.2. The van der Waals surface area contributed by atoms with Gasteiger partial charge in [0.2, 0.25) is 5.91 Å². The van der Waals surface area contributed by atoms with Gasteiger partial charge in [-0.05, 0) is 56.4 Å². The fourth-order valence-corrected chi connectivity index (χ4v) is 5.12. The van der Waals surface area contributed by atoms with Crippen molar-refractivity contribution in [1.82, 2.24) is 15.5 Å². The number of hydrogen-bond acceptors (Lipinski definition) is 7. The van der Waals surface area contributed by atoms with Crippen LogP contribution in [-0.4, -0.2) is 66.6 Å². The normalized spacial score (nSPS) is 19.9. The van der Waals surface area contributed by atoms with Gasteiger partial charge in [0.15, 0.2) is 9.84 Å². The molecule has 0 bridgehead atoms. The summed E-state index contributed by atoms with van der Waals surface area (Å²) in [6.45, 7) is 9.45. The second kappa shape index (κ2) is 11.8. The number of hydrogen-bond donors (Lipinski definition) is 3. The first-order valence-corrected chi connectivity index (χ1v) is 14.6. The highest BCUT2D eigenvalue weighted by Crippen LogP contribution is 2.25. The number of aliphatic hydroxyl groups excluding tert-OH is 1. The Morgan fingerprint density at radius 3 is 2.21 bits per heavy atom. The molecular formula is C28H39N3O6S. The summed E-state index contributed by atoms with van der Waals surface area (Å²) in [5.74, 6) is -0.273. The van der Waals surface area contributed by atoms with Crippen molar-refractivity contribution in [3.05, 3.63) is 65.7 Å². The van der Waals surface area contributed by atoms with Gasteiger partial charge < -0.3 is 20.1 Å². The van der Waals surface area contributed by atoms with Crippen molar-refractivity contribution < 1.29 is 27.9 Å². The van der Waals surface area contributed by atoms with Gasteiger partial charge in [-0.2, -0.15) is 0 Å². The lowest BCUT2D eigenvalue weighted by molar-refractivity contribution is -0.133. The van der Waals surface area contributed by atoms with Crippen molar-refractivity contribution in [3.8, 4) is 0 Å². The number of nitrogens with zero attached hydrogens (tertiary/aromatic N) is 1. The molecule has 0 spiro atoms. The maximum Gasteiger partial charge on any atom is 0.407 e. The summed E-state index contributed by atoms with van der Waals surface area (Å²) in [6.07, 6.45) is -0.837. The van der Waals surface area contributed by atoms with E-state index in [0.29, 0.717) is 6.42 Å². The third-order valence-corrected chi connectivity index (χ3v) is 7.45. The Hall–Kier alpha value is -2.95. The minimum atomic E-state index is -3.33. The van der Waals surface area contributed by atoms with Gasteiger partial charge in [-0.15, -0.1) is 0 Å². The van der Waals surface area contributed by atoms with E-state index in [1.165, 1.54) is 12.1 Å². The van der Waals surface area contributed by atoms with Gasteiger partial charge in [0.1, 0.15) is 11.6 Å². The fourth-order valence-electron chi connectivity index (χ4n) is 4.49. The highest BCUT2D eigenvalue weighted by molar-refractivity contribution is 7.90. The van der Waals surface area contributed by atoms with Crippen LogP contribution in [0.15, 0.2) is 59.5 Å². The van der Waals surface area contributed by atoms with Crippen LogP contribution in [0.2, 0.25) is 0 Å². The van der Waals surface area contributed by atoms with Gasteiger partial charge in [0, 0.05) is 12.8 Å². The topological polar surface area (TPSA) is 125 Å². The first-order chi connectivity index (χ1) is 17.7. The molecule has 1 unspecified atom stereocenters. The standard InChI is InChI=1S/C28H39N3O6S/c1-18(2)25-30-23(26(33)31(25)17-20-12-14-21(15-13-20)38(6,35)36)24(32)22(16-19-10-8-7-9-11-19)29-27(34)37-28(3,4)5/h7-15,18,22-25,30,32H,16-17H2,1-6H3,(H,29,34)/t22-,23-,24+,25?/m0/s1. The fraction of sp³-hybridized carbons (Fsp3) is 0.500. The Kier molecular flexibility index (Phi) is 9.22. The highest BCUT2D eigenvalue weighted by Gasteiger charge is 2.46. The molecule has 2 amide bonds. The Morgan fingerprint density at radius 2 is 1.68 bits per heavy atom. The average molecular weight is 546 g/mol. The molecule has 1 aliphatic rings. The Bertz CT molecular complexity index is 1210. The molecule has 208 valence electrons. The van der Waals surface area contributed by atoms with Crippen LogP contribution in [-0.2, 0) is 32.3 Å². The number of sulfone groups is 1. The van der Waals surface area contributed by atoms with E-state index >= 15 is 0 Å². The molecular weight excluding hydrogens is 506 g/mol. The SMILES string of the molecule is CC(C)C1N[C@@H]([C@H](O)[C@H](Cc2ccccc2)NC(=O)OC(C)(C)C)C(=O)N1Cc1ccc(S(C)(=O)=O)cc1. The molecule has 10 heteroatoms. The molecule has 3 rings (SSSR count). The summed E-state index contributed by atoms with van der Waals surface area (Å²) < 4.78 is 29.0. The number of carbonyl (C=O) groups excluding carboxylic acids is 2. The van der Waals surface area contributed by atoms with Crippen LogP contribution in [0.1, 0.15) is 45.7 Å². The van der Waals surface area contributed by atoms with Crippen LogP contribution in [0.5, 0.6) is 0 Å². The summed E-state index contributed by atoms with van der Waals surface area (Å²) in [7, 11) is -3.33. The van der Waals surface area contributed by atoms with E-state index in [-0.39, 0.29) is 29.4 Å². The van der Waals surface area contributed by atoms with Crippen molar-refractivity contribution in [2.45, 2.75) is 82.4 Å². The van der Waals surface area contributed by atoms with E-state index in [1.807, 2.05) is 44.2 Å². The zero-order valence-corrected chi connectivity index (χ0v) is 23.7. The Morgan fingerprint density at radius 1 is 1.08 bits per heavy atom. The summed E-state index contributed by atoms with van der Waals surface area (Å²) in [6, 6.07) is 14.1. The quantitative estimate of drug-likeness (QED) is 0.443. The van der Waals surface area contributed by atoms with Crippen LogP contribution in [0.25, 0.3) is 0 Å². The third kappa shape index (κ3) is 7.78. The van der Waals surface area contributed by atoms with Crippen molar-refractivity contribution >= 4 is 21.8 Å². The molecule has 0 saturated carbocycles. The molecule has 38 heavy (non-hydrogen) atoms. The average Bonchev–Trinajstić information content (AvgIpc) is 3.13. The molecule has 0 aromatic heterocycles. The molecule has 9 nitrogen and oxygen atoms in total. The van der Waals surface area contributed by atoms with Gasteiger partial charge in [-0.1, -0.05) is 56.3 Å². The molecule has 3 N–H and O–H groups in total. The number of rotatable bonds is 9. The number of carbonyl (C=O) groups is 2. The lowest BCUT2D eigenvalue weighted by Gasteiger charge is -2.29. The second-order valence-electron chi connectivity index (χ2n) is 11.1. The van der Waals surface area contributed by atoms with Crippen LogP contribution in [0, 0.1) is 5.92 Å². The number of nitrogens with one attached hydrogen (secondary N) is 2. The maximum absolute atomic E-state index is 13.6. The van der Waals surface area contributed by atoms with Crippen molar-refractivity contribution in [2.75, 3.05) is 6.26 Å². The first kappa shape index (κ1) is 29.6. The van der Waals surface area contributed by atoms with Crippen molar-refractivity contribution in [3.63, 3.8) is 0 Å². The maximum atomic E-state index is 13.6. The summed E-state index contributed by atoms with van der Waals surface area (Å²) in [5.41, 5.74) is 0.933. The lowest BCUT2D eigenvalue weighted by atomic mass is 9.96. The van der Waals surface area contributed by atoms with Gasteiger partial charge >= 0.3 is 6.09 Å². The molecule has 0 aliphatic carbocycles. The Balaban J connectivity index is 1.83. The zero-order chi connectivity index (χ0) is 28.3. The molecule has 0 radical (unpaired) electrons. The van der Waals surface area contributed by atoms with E-state index in [0.717, 1.165) is 17.4 Å². The number of benzene rings is 2. The van der Waals surface area contributed by atoms with Gasteiger partial charge in [0.05, 0.1) is 23.2 Å². The summed E-state index contributed by atoms with van der Waals surface area (Å²) in [4.78, 5) is 28.1. The largest absolute Gasteiger partial charge is 0.444 e. The molecule has 1 saturated heterocycles. The Labute approximate surface area is 225 Å². The first-order valence-electron chi connectivity index (χ1n) is 12.7. The van der Waals surface area contributed by atoms with E-state index in [1.54, 1.807) is 37.8 Å². The monoisotopic (exact) mass is 545 g/mol. The molecule has 1 aliphatic heterocycles. The summed E-state index contributed by atoms with van der Waals surface area (Å²) >= 11 is 0. The van der Waals surface area contributed by atoms with Crippen LogP contribution in [0.4, 0.5) is 4.79 Å². The van der Waals surface area contributed by atoms with Gasteiger partial charge in [-0.25, -0.2) is 13.2 Å². The van der Waals surface area contributed by atoms with Gasteiger partial charge in [0.25, 0.3) is 0 Å². The van der Waals surface area contributed by atoms with Crippen LogP contribution >= 0.6 is 0 Å². The number of ether oxygens (including phenoxy) is 1.